The van der Waals surface area contributed by atoms with Gasteiger partial charge in [0, 0.05) is 26.2 Å². The van der Waals surface area contributed by atoms with Crippen LogP contribution in [0.1, 0.15) is 58.4 Å². The molecular weight excluding hydrogens is 498 g/mol. The number of fused-ring (bicyclic) bond motifs is 1. The van der Waals surface area contributed by atoms with Crippen LogP contribution in [0.2, 0.25) is 0 Å². The van der Waals surface area contributed by atoms with E-state index in [2.05, 4.69) is 41.9 Å². The minimum absolute atomic E-state index is 0.226. The summed E-state index contributed by atoms with van der Waals surface area (Å²) in [5.74, 6) is 1.17. The van der Waals surface area contributed by atoms with Gasteiger partial charge in [0.15, 0.2) is 17.2 Å². The second kappa shape index (κ2) is 11.9. The first-order valence-electron chi connectivity index (χ1n) is 13.5. The fraction of sp³-hybridized carbons (Fsp3) is 0.433. The first-order valence-corrected chi connectivity index (χ1v) is 13.5. The van der Waals surface area contributed by atoms with Gasteiger partial charge in [-0.05, 0) is 62.4 Å². The number of piperidine rings is 1. The maximum Gasteiger partial charge on any atom is 0.310 e. The molecule has 1 aromatic heterocycles. The van der Waals surface area contributed by atoms with Crippen molar-refractivity contribution in [3.05, 3.63) is 76.5 Å². The van der Waals surface area contributed by atoms with Crippen LogP contribution in [0.4, 0.5) is 0 Å². The Kier molecular flexibility index (Phi) is 8.16. The van der Waals surface area contributed by atoms with Crippen LogP contribution in [0, 0.1) is 19.8 Å². The zero-order valence-electron chi connectivity index (χ0n) is 22.8. The number of hydrogen-bond acceptors (Lipinski definition) is 8. The molecule has 39 heavy (non-hydrogen) atoms. The average Bonchev–Trinajstić information content (AvgIpc) is 3.60. The summed E-state index contributed by atoms with van der Waals surface area (Å²) in [6.45, 7) is 9.20. The van der Waals surface area contributed by atoms with Gasteiger partial charge < -0.3 is 23.5 Å². The summed E-state index contributed by atoms with van der Waals surface area (Å²) in [4.78, 5) is 33.9. The van der Waals surface area contributed by atoms with E-state index in [4.69, 9.17) is 18.6 Å². The van der Waals surface area contributed by atoms with E-state index in [1.807, 2.05) is 18.2 Å². The van der Waals surface area contributed by atoms with Crippen LogP contribution in [-0.2, 0) is 29.2 Å². The highest BCUT2D eigenvalue weighted by atomic mass is 16.7. The molecule has 9 nitrogen and oxygen atoms in total. The molecule has 1 fully saturated rings. The molecule has 2 aliphatic rings. The molecule has 3 aromatic rings. The van der Waals surface area contributed by atoms with Crippen molar-refractivity contribution in [2.24, 2.45) is 5.92 Å². The summed E-state index contributed by atoms with van der Waals surface area (Å²) in [5, 5.41) is 0. The number of aromatic nitrogens is 1. The van der Waals surface area contributed by atoms with Gasteiger partial charge in [0.25, 0.3) is 5.91 Å². The van der Waals surface area contributed by atoms with E-state index in [9.17, 15) is 9.59 Å². The SMILES string of the molecule is CCOC(=O)[C@@H]1CCCN(C(=O)c2coc(CN(Cc3ccc4c(c3)OCO4)Cc3cc(C)ccc3C)n2)C1. The van der Waals surface area contributed by atoms with Crippen molar-refractivity contribution in [2.45, 2.75) is 53.2 Å². The monoisotopic (exact) mass is 533 g/mol. The lowest BCUT2D eigenvalue weighted by Gasteiger charge is -2.30. The van der Waals surface area contributed by atoms with E-state index >= 15 is 0 Å². The molecule has 3 heterocycles. The highest BCUT2D eigenvalue weighted by Crippen LogP contribution is 2.33. The quantitative estimate of drug-likeness (QED) is 0.367. The predicted octanol–water partition coefficient (Wildman–Crippen LogP) is 4.64. The molecule has 1 saturated heterocycles. The number of likely N-dealkylation sites (tertiary alicyclic amines) is 1. The van der Waals surface area contributed by atoms with Crippen molar-refractivity contribution in [1.82, 2.24) is 14.8 Å². The van der Waals surface area contributed by atoms with Crippen molar-refractivity contribution >= 4 is 11.9 Å². The molecule has 206 valence electrons. The summed E-state index contributed by atoms with van der Waals surface area (Å²) in [6.07, 6.45) is 2.89. The van der Waals surface area contributed by atoms with Gasteiger partial charge in [0.1, 0.15) is 6.26 Å². The molecule has 9 heteroatoms. The van der Waals surface area contributed by atoms with Crippen molar-refractivity contribution in [2.75, 3.05) is 26.5 Å². The van der Waals surface area contributed by atoms with Gasteiger partial charge in [0.2, 0.25) is 12.7 Å². The number of carbonyl (C=O) groups is 2. The summed E-state index contributed by atoms with van der Waals surface area (Å²) < 4.78 is 22.0. The molecule has 5 rings (SSSR count). The minimum atomic E-state index is -0.302. The molecule has 0 N–H and O–H groups in total. The molecule has 0 unspecified atom stereocenters. The van der Waals surface area contributed by atoms with Crippen molar-refractivity contribution in [1.29, 1.82) is 0 Å². The van der Waals surface area contributed by atoms with Crippen LogP contribution in [0.5, 0.6) is 11.5 Å². The van der Waals surface area contributed by atoms with Crippen LogP contribution >= 0.6 is 0 Å². The number of carbonyl (C=O) groups excluding carboxylic acids is 2. The Morgan fingerprint density at radius 3 is 2.77 bits per heavy atom. The van der Waals surface area contributed by atoms with Crippen LogP contribution in [0.25, 0.3) is 0 Å². The van der Waals surface area contributed by atoms with Crippen LogP contribution < -0.4 is 9.47 Å². The molecular formula is C30H35N3O6. The van der Waals surface area contributed by atoms with E-state index in [0.717, 1.165) is 29.9 Å². The smallest absolute Gasteiger partial charge is 0.310 e. The van der Waals surface area contributed by atoms with E-state index in [1.54, 1.807) is 11.8 Å². The summed E-state index contributed by atoms with van der Waals surface area (Å²) in [5.41, 5.74) is 4.96. The number of nitrogens with zero attached hydrogens (tertiary/aromatic N) is 3. The van der Waals surface area contributed by atoms with Crippen molar-refractivity contribution in [3.8, 4) is 11.5 Å². The Morgan fingerprint density at radius 1 is 1.08 bits per heavy atom. The van der Waals surface area contributed by atoms with Gasteiger partial charge in [-0.25, -0.2) is 4.98 Å². The molecule has 0 saturated carbocycles. The Bertz CT molecular complexity index is 1340. The van der Waals surface area contributed by atoms with Gasteiger partial charge in [-0.2, -0.15) is 0 Å². The van der Waals surface area contributed by atoms with Gasteiger partial charge in [-0.3, -0.25) is 14.5 Å². The Hall–Kier alpha value is -3.85. The maximum absolute atomic E-state index is 13.2. The number of benzene rings is 2. The van der Waals surface area contributed by atoms with E-state index in [-0.39, 0.29) is 30.3 Å². The van der Waals surface area contributed by atoms with Gasteiger partial charge in [0.05, 0.1) is 19.1 Å². The molecule has 0 spiro atoms. The lowest BCUT2D eigenvalue weighted by molar-refractivity contribution is -0.149. The Balaban J connectivity index is 1.31. The number of esters is 1. The van der Waals surface area contributed by atoms with Gasteiger partial charge >= 0.3 is 5.97 Å². The van der Waals surface area contributed by atoms with E-state index < -0.39 is 0 Å². The fourth-order valence-corrected chi connectivity index (χ4v) is 5.13. The Labute approximate surface area is 228 Å². The first kappa shape index (κ1) is 26.7. The summed E-state index contributed by atoms with van der Waals surface area (Å²) >= 11 is 0. The number of amides is 1. The topological polar surface area (TPSA) is 94.3 Å². The van der Waals surface area contributed by atoms with E-state index in [1.165, 1.54) is 23.0 Å². The first-order chi connectivity index (χ1) is 18.9. The number of hydrogen-bond donors (Lipinski definition) is 0. The number of ether oxygens (including phenoxy) is 3. The normalized spacial score (nSPS) is 16.5. The lowest BCUT2D eigenvalue weighted by atomic mass is 9.98. The summed E-state index contributed by atoms with van der Waals surface area (Å²) in [7, 11) is 0. The second-order valence-electron chi connectivity index (χ2n) is 10.2. The lowest BCUT2D eigenvalue weighted by Crippen LogP contribution is -2.43. The standard InChI is InChI=1S/C30H35N3O6/c1-4-36-30(35)23-6-5-11-33(16-23)29(34)25-18-37-28(31-25)17-32(15-24-12-20(2)7-8-21(24)3)14-22-9-10-26-27(13-22)39-19-38-26/h7-10,12-13,18,23H,4-6,11,14-17,19H2,1-3H3/t23-/m1/s1. The Morgan fingerprint density at radius 2 is 1.92 bits per heavy atom. The van der Waals surface area contributed by atoms with Gasteiger partial charge in [-0.1, -0.05) is 29.8 Å². The molecule has 1 atom stereocenters. The van der Waals surface area contributed by atoms with Crippen molar-refractivity contribution in [3.63, 3.8) is 0 Å². The third-order valence-corrected chi connectivity index (χ3v) is 7.20. The minimum Gasteiger partial charge on any atom is -0.466 e. The predicted molar refractivity (Wildman–Crippen MR) is 143 cm³/mol. The highest BCUT2D eigenvalue weighted by molar-refractivity contribution is 5.92. The van der Waals surface area contributed by atoms with Crippen LogP contribution in [0.15, 0.2) is 47.1 Å². The van der Waals surface area contributed by atoms with Crippen LogP contribution in [0.3, 0.4) is 0 Å². The van der Waals surface area contributed by atoms with Gasteiger partial charge in [-0.15, -0.1) is 0 Å². The average molecular weight is 534 g/mol. The molecule has 2 aliphatic heterocycles. The highest BCUT2D eigenvalue weighted by Gasteiger charge is 2.31. The van der Waals surface area contributed by atoms with E-state index in [0.29, 0.717) is 45.2 Å². The molecule has 0 radical (unpaired) electrons. The molecule has 1 amide bonds. The number of rotatable bonds is 9. The molecule has 2 aromatic carbocycles. The third kappa shape index (κ3) is 6.42. The largest absolute Gasteiger partial charge is 0.466 e. The third-order valence-electron chi connectivity index (χ3n) is 7.20. The summed E-state index contributed by atoms with van der Waals surface area (Å²) in [6, 6.07) is 12.4. The fourth-order valence-electron chi connectivity index (χ4n) is 5.13. The molecule has 0 aliphatic carbocycles. The second-order valence-corrected chi connectivity index (χ2v) is 10.2. The van der Waals surface area contributed by atoms with Crippen molar-refractivity contribution < 1.29 is 28.2 Å². The zero-order valence-corrected chi connectivity index (χ0v) is 22.8. The molecule has 0 bridgehead atoms. The number of aryl methyl sites for hydroxylation is 2. The number of oxazole rings is 1. The van der Waals surface area contributed by atoms with Crippen LogP contribution in [-0.4, -0.2) is 53.1 Å². The zero-order chi connectivity index (χ0) is 27.4. The maximum atomic E-state index is 13.2.